The number of hydrogen-bond donors (Lipinski definition) is 1. The first-order valence-corrected chi connectivity index (χ1v) is 8.60. The first-order chi connectivity index (χ1) is 13.7. The number of nitrogens with zero attached hydrogens (tertiary/aromatic N) is 2. The largest absolute Gasteiger partial charge is 0.454 e. The molecule has 2 heterocycles. The lowest BCUT2D eigenvalue weighted by atomic mass is 10.2. The SMILES string of the molecule is O=C(COC(=O)c1cnn(Cc2ccccc2)c1)Nc1ccc2c(c1)OCO2. The minimum Gasteiger partial charge on any atom is -0.454 e. The van der Waals surface area contributed by atoms with Crippen LogP contribution in [-0.4, -0.2) is 35.1 Å². The molecule has 1 aliphatic heterocycles. The number of esters is 1. The van der Waals surface area contributed by atoms with Gasteiger partial charge in [0.1, 0.15) is 0 Å². The van der Waals surface area contributed by atoms with E-state index < -0.39 is 18.5 Å². The Morgan fingerprint density at radius 2 is 1.93 bits per heavy atom. The monoisotopic (exact) mass is 379 g/mol. The van der Waals surface area contributed by atoms with E-state index in [1.807, 2.05) is 30.3 Å². The van der Waals surface area contributed by atoms with Crippen LogP contribution in [0.5, 0.6) is 11.5 Å². The third-order valence-electron chi connectivity index (χ3n) is 4.05. The number of fused-ring (bicyclic) bond motifs is 1. The Balaban J connectivity index is 1.29. The Hall–Kier alpha value is -3.81. The molecule has 8 heteroatoms. The second-order valence-corrected chi connectivity index (χ2v) is 6.10. The van der Waals surface area contributed by atoms with Gasteiger partial charge in [-0.3, -0.25) is 9.48 Å². The maximum atomic E-state index is 12.1. The van der Waals surface area contributed by atoms with Crippen molar-refractivity contribution in [1.82, 2.24) is 9.78 Å². The van der Waals surface area contributed by atoms with E-state index in [2.05, 4.69) is 10.4 Å². The van der Waals surface area contributed by atoms with Crippen molar-refractivity contribution in [2.24, 2.45) is 0 Å². The molecule has 1 aliphatic rings. The van der Waals surface area contributed by atoms with Crippen LogP contribution in [0.1, 0.15) is 15.9 Å². The highest BCUT2D eigenvalue weighted by atomic mass is 16.7. The van der Waals surface area contributed by atoms with Gasteiger partial charge in [0.25, 0.3) is 5.91 Å². The second-order valence-electron chi connectivity index (χ2n) is 6.10. The van der Waals surface area contributed by atoms with Crippen molar-refractivity contribution in [2.75, 3.05) is 18.7 Å². The molecule has 2 aromatic carbocycles. The summed E-state index contributed by atoms with van der Waals surface area (Å²) in [5, 5.41) is 6.79. The van der Waals surface area contributed by atoms with E-state index in [9.17, 15) is 9.59 Å². The summed E-state index contributed by atoms with van der Waals surface area (Å²) in [5.74, 6) is 0.113. The van der Waals surface area contributed by atoms with Gasteiger partial charge < -0.3 is 19.5 Å². The number of ether oxygens (including phenoxy) is 3. The van der Waals surface area contributed by atoms with Crippen molar-refractivity contribution < 1.29 is 23.8 Å². The van der Waals surface area contributed by atoms with Crippen molar-refractivity contribution in [3.8, 4) is 11.5 Å². The van der Waals surface area contributed by atoms with Crippen LogP contribution in [0.2, 0.25) is 0 Å². The first-order valence-electron chi connectivity index (χ1n) is 8.60. The van der Waals surface area contributed by atoms with Gasteiger partial charge in [-0.15, -0.1) is 0 Å². The number of rotatable bonds is 6. The highest BCUT2D eigenvalue weighted by molar-refractivity contribution is 5.95. The minimum absolute atomic E-state index is 0.155. The number of amides is 1. The topological polar surface area (TPSA) is 91.7 Å². The molecule has 4 rings (SSSR count). The van der Waals surface area contributed by atoms with E-state index in [1.54, 1.807) is 29.1 Å². The zero-order chi connectivity index (χ0) is 19.3. The third kappa shape index (κ3) is 4.12. The van der Waals surface area contributed by atoms with E-state index in [0.29, 0.717) is 23.7 Å². The van der Waals surface area contributed by atoms with Crippen LogP contribution in [0, 0.1) is 0 Å². The predicted octanol–water partition coefficient (Wildman–Crippen LogP) is 2.46. The quantitative estimate of drug-likeness (QED) is 0.662. The van der Waals surface area contributed by atoms with E-state index in [4.69, 9.17) is 14.2 Å². The Labute approximate surface area is 160 Å². The highest BCUT2D eigenvalue weighted by Crippen LogP contribution is 2.34. The van der Waals surface area contributed by atoms with Crippen molar-refractivity contribution in [1.29, 1.82) is 0 Å². The molecule has 1 aromatic heterocycles. The van der Waals surface area contributed by atoms with E-state index in [0.717, 1.165) is 5.56 Å². The molecule has 1 N–H and O–H groups in total. The Morgan fingerprint density at radius 3 is 2.79 bits per heavy atom. The number of hydrogen-bond acceptors (Lipinski definition) is 6. The van der Waals surface area contributed by atoms with Gasteiger partial charge in [-0.05, 0) is 17.7 Å². The van der Waals surface area contributed by atoms with Crippen LogP contribution in [0.4, 0.5) is 5.69 Å². The fraction of sp³-hybridized carbons (Fsp3) is 0.150. The van der Waals surface area contributed by atoms with Crippen LogP contribution in [0.3, 0.4) is 0 Å². The van der Waals surface area contributed by atoms with Crippen molar-refractivity contribution in [3.63, 3.8) is 0 Å². The lowest BCUT2D eigenvalue weighted by Gasteiger charge is -2.06. The van der Waals surface area contributed by atoms with Crippen LogP contribution in [0.25, 0.3) is 0 Å². The smallest absolute Gasteiger partial charge is 0.341 e. The van der Waals surface area contributed by atoms with E-state index in [1.165, 1.54) is 6.20 Å². The Bertz CT molecular complexity index is 1000. The zero-order valence-corrected chi connectivity index (χ0v) is 14.8. The predicted molar refractivity (Wildman–Crippen MR) is 99.2 cm³/mol. The molecule has 0 saturated carbocycles. The van der Waals surface area contributed by atoms with Gasteiger partial charge in [0.15, 0.2) is 18.1 Å². The molecule has 0 fully saturated rings. The maximum Gasteiger partial charge on any atom is 0.341 e. The summed E-state index contributed by atoms with van der Waals surface area (Å²) in [7, 11) is 0. The summed E-state index contributed by atoms with van der Waals surface area (Å²) < 4.78 is 17.2. The maximum absolute atomic E-state index is 12.1. The zero-order valence-electron chi connectivity index (χ0n) is 14.8. The number of aromatic nitrogens is 2. The highest BCUT2D eigenvalue weighted by Gasteiger charge is 2.16. The van der Waals surface area contributed by atoms with Gasteiger partial charge in [-0.1, -0.05) is 30.3 Å². The van der Waals surface area contributed by atoms with Gasteiger partial charge in [0, 0.05) is 18.0 Å². The molecule has 0 radical (unpaired) electrons. The fourth-order valence-electron chi connectivity index (χ4n) is 2.71. The summed E-state index contributed by atoms with van der Waals surface area (Å²) >= 11 is 0. The van der Waals surface area contributed by atoms with Crippen LogP contribution >= 0.6 is 0 Å². The molecule has 3 aromatic rings. The molecular weight excluding hydrogens is 362 g/mol. The molecule has 28 heavy (non-hydrogen) atoms. The number of nitrogens with one attached hydrogen (secondary N) is 1. The average Bonchev–Trinajstić information content (AvgIpc) is 3.36. The summed E-state index contributed by atoms with van der Waals surface area (Å²) in [6, 6.07) is 14.8. The van der Waals surface area contributed by atoms with Crippen LogP contribution < -0.4 is 14.8 Å². The normalized spacial score (nSPS) is 11.9. The molecular formula is C20H17N3O5. The number of carbonyl (C=O) groups excluding carboxylic acids is 2. The summed E-state index contributed by atoms with van der Waals surface area (Å²) in [6.07, 6.45) is 3.01. The Morgan fingerprint density at radius 1 is 1.11 bits per heavy atom. The molecule has 1 amide bonds. The second kappa shape index (κ2) is 7.83. The van der Waals surface area contributed by atoms with Gasteiger partial charge >= 0.3 is 5.97 Å². The summed E-state index contributed by atoms with van der Waals surface area (Å²) in [5.41, 5.74) is 1.88. The molecule has 0 unspecified atom stereocenters. The van der Waals surface area contributed by atoms with Crippen LogP contribution in [-0.2, 0) is 16.1 Å². The van der Waals surface area contributed by atoms with Gasteiger partial charge in [-0.2, -0.15) is 5.10 Å². The fourth-order valence-corrected chi connectivity index (χ4v) is 2.71. The van der Waals surface area contributed by atoms with Crippen molar-refractivity contribution in [3.05, 3.63) is 72.1 Å². The van der Waals surface area contributed by atoms with Crippen LogP contribution in [0.15, 0.2) is 60.9 Å². The third-order valence-corrected chi connectivity index (χ3v) is 4.05. The lowest BCUT2D eigenvalue weighted by molar-refractivity contribution is -0.119. The number of benzene rings is 2. The molecule has 0 atom stereocenters. The van der Waals surface area contributed by atoms with Gasteiger partial charge in [-0.25, -0.2) is 4.79 Å². The minimum atomic E-state index is -0.611. The van der Waals surface area contributed by atoms with Crippen molar-refractivity contribution in [2.45, 2.75) is 6.54 Å². The lowest BCUT2D eigenvalue weighted by Crippen LogP contribution is -2.20. The molecule has 0 aliphatic carbocycles. The summed E-state index contributed by atoms with van der Waals surface area (Å²) in [6.45, 7) is 0.290. The van der Waals surface area contributed by atoms with Crippen molar-refractivity contribution >= 4 is 17.6 Å². The molecule has 142 valence electrons. The molecule has 0 saturated heterocycles. The van der Waals surface area contributed by atoms with E-state index >= 15 is 0 Å². The first kappa shape index (κ1) is 17.6. The van der Waals surface area contributed by atoms with Gasteiger partial charge in [0.2, 0.25) is 6.79 Å². The molecule has 8 nitrogen and oxygen atoms in total. The Kier molecular flexibility index (Phi) is 4.92. The van der Waals surface area contributed by atoms with Gasteiger partial charge in [0.05, 0.1) is 18.3 Å². The average molecular weight is 379 g/mol. The van der Waals surface area contributed by atoms with E-state index in [-0.39, 0.29) is 12.4 Å². The number of anilines is 1. The summed E-state index contributed by atoms with van der Waals surface area (Å²) in [4.78, 5) is 24.1. The standard InChI is InChI=1S/C20H17N3O5/c24-19(22-16-6-7-17-18(8-16)28-13-27-17)12-26-20(25)15-9-21-23(11-15)10-14-4-2-1-3-5-14/h1-9,11H,10,12-13H2,(H,22,24). The number of carbonyl (C=O) groups is 2. The molecule has 0 spiro atoms. The molecule has 0 bridgehead atoms.